The lowest BCUT2D eigenvalue weighted by Crippen LogP contribution is -2.45. The van der Waals surface area contributed by atoms with Crippen LogP contribution >= 0.6 is 0 Å². The van der Waals surface area contributed by atoms with Crippen LogP contribution in [0.15, 0.2) is 0 Å². The molecule has 0 saturated carbocycles. The first-order chi connectivity index (χ1) is 8.08. The smallest absolute Gasteiger partial charge is 0.320 e. The fourth-order valence-electron chi connectivity index (χ4n) is 1.80. The van der Waals surface area contributed by atoms with Crippen molar-refractivity contribution in [2.24, 2.45) is 0 Å². The average molecular weight is 244 g/mol. The van der Waals surface area contributed by atoms with E-state index < -0.39 is 0 Å². The van der Waals surface area contributed by atoms with Crippen LogP contribution in [0.1, 0.15) is 20.8 Å². The van der Waals surface area contributed by atoms with Crippen LogP contribution in [0, 0.1) is 0 Å². The Bertz CT molecular complexity index is 228. The van der Waals surface area contributed by atoms with Crippen molar-refractivity contribution < 1.29 is 14.3 Å². The molecule has 5 heteroatoms. The first kappa shape index (κ1) is 14.4. The number of nitrogens with one attached hydrogen (secondary N) is 1. The fourth-order valence-corrected chi connectivity index (χ4v) is 1.80. The van der Waals surface area contributed by atoms with Crippen LogP contribution < -0.4 is 5.32 Å². The molecule has 17 heavy (non-hydrogen) atoms. The van der Waals surface area contributed by atoms with Crippen LogP contribution in [0.25, 0.3) is 0 Å². The summed E-state index contributed by atoms with van der Waals surface area (Å²) in [4.78, 5) is 13.7. The minimum atomic E-state index is -0.186. The molecule has 0 bridgehead atoms. The molecular weight excluding hydrogens is 220 g/mol. The van der Waals surface area contributed by atoms with E-state index in [1.165, 1.54) is 0 Å². The summed E-state index contributed by atoms with van der Waals surface area (Å²) in [6.45, 7) is 10.6. The zero-order chi connectivity index (χ0) is 12.7. The highest BCUT2D eigenvalue weighted by Crippen LogP contribution is 1.98. The molecular formula is C12H24N2O3. The fraction of sp³-hybridized carbons (Fsp3) is 0.917. The zero-order valence-electron chi connectivity index (χ0n) is 11.1. The average Bonchev–Trinajstić information content (AvgIpc) is 2.27. The highest BCUT2D eigenvalue weighted by atomic mass is 16.5. The van der Waals surface area contributed by atoms with Gasteiger partial charge in [0.25, 0.3) is 0 Å². The van der Waals surface area contributed by atoms with E-state index in [-0.39, 0.29) is 24.7 Å². The summed E-state index contributed by atoms with van der Waals surface area (Å²) in [6, 6.07) is 0.285. The van der Waals surface area contributed by atoms with Crippen molar-refractivity contribution in [2.45, 2.75) is 32.9 Å². The van der Waals surface area contributed by atoms with Gasteiger partial charge in [0, 0.05) is 25.7 Å². The van der Waals surface area contributed by atoms with Crippen molar-refractivity contribution >= 4 is 5.97 Å². The van der Waals surface area contributed by atoms with Crippen LogP contribution in [0.4, 0.5) is 0 Å². The van der Waals surface area contributed by atoms with E-state index in [0.29, 0.717) is 0 Å². The summed E-state index contributed by atoms with van der Waals surface area (Å²) in [6.07, 6.45) is -0.0427. The van der Waals surface area contributed by atoms with Gasteiger partial charge in [-0.2, -0.15) is 0 Å². The van der Waals surface area contributed by atoms with E-state index in [0.717, 1.165) is 32.8 Å². The highest BCUT2D eigenvalue weighted by Gasteiger charge is 2.14. The molecule has 5 nitrogen and oxygen atoms in total. The Morgan fingerprint density at radius 2 is 2.00 bits per heavy atom. The molecule has 1 fully saturated rings. The normalized spacial score (nSPS) is 19.3. The van der Waals surface area contributed by atoms with Gasteiger partial charge in [0.05, 0.1) is 25.9 Å². The second-order valence-electron chi connectivity index (χ2n) is 4.73. The molecule has 1 rings (SSSR count). The monoisotopic (exact) mass is 244 g/mol. The van der Waals surface area contributed by atoms with Gasteiger partial charge < -0.3 is 14.8 Å². The molecule has 1 heterocycles. The van der Waals surface area contributed by atoms with E-state index >= 15 is 0 Å². The molecule has 1 atom stereocenters. The van der Waals surface area contributed by atoms with Gasteiger partial charge in [0.15, 0.2) is 0 Å². The standard InChI is InChI=1S/C12H24N2O3/c1-10(2)17-12(15)8-13-11(3)9-14-4-6-16-7-5-14/h10-11,13H,4-9H2,1-3H3. The first-order valence-electron chi connectivity index (χ1n) is 6.31. The van der Waals surface area contributed by atoms with Crippen LogP contribution in [0.2, 0.25) is 0 Å². The predicted octanol–water partition coefficient (Wildman–Crippen LogP) is 0.248. The molecule has 1 N–H and O–H groups in total. The maximum atomic E-state index is 11.3. The zero-order valence-corrected chi connectivity index (χ0v) is 11.1. The minimum absolute atomic E-state index is 0.0427. The SMILES string of the molecule is CC(CN1CCOCC1)NCC(=O)OC(C)C. The van der Waals surface area contributed by atoms with E-state index in [1.807, 2.05) is 13.8 Å². The Balaban J connectivity index is 2.11. The summed E-state index contributed by atoms with van der Waals surface area (Å²) in [7, 11) is 0. The maximum absolute atomic E-state index is 11.3. The predicted molar refractivity (Wildman–Crippen MR) is 66.0 cm³/mol. The van der Waals surface area contributed by atoms with Gasteiger partial charge in [-0.1, -0.05) is 0 Å². The maximum Gasteiger partial charge on any atom is 0.320 e. The number of morpholine rings is 1. The van der Waals surface area contributed by atoms with Crippen LogP contribution in [-0.2, 0) is 14.3 Å². The molecule has 100 valence electrons. The Morgan fingerprint density at radius 1 is 1.35 bits per heavy atom. The molecule has 1 unspecified atom stereocenters. The van der Waals surface area contributed by atoms with Crippen LogP contribution in [0.3, 0.4) is 0 Å². The van der Waals surface area contributed by atoms with E-state index in [9.17, 15) is 4.79 Å². The first-order valence-corrected chi connectivity index (χ1v) is 6.31. The number of ether oxygens (including phenoxy) is 2. The molecule has 1 saturated heterocycles. The molecule has 0 aromatic carbocycles. The summed E-state index contributed by atoms with van der Waals surface area (Å²) in [5.41, 5.74) is 0. The van der Waals surface area contributed by atoms with Gasteiger partial charge in [0.2, 0.25) is 0 Å². The van der Waals surface area contributed by atoms with Crippen molar-refractivity contribution in [1.82, 2.24) is 10.2 Å². The molecule has 0 amide bonds. The third-order valence-corrected chi connectivity index (χ3v) is 2.60. The Kier molecular flexibility index (Phi) is 6.47. The van der Waals surface area contributed by atoms with Crippen LogP contribution in [-0.4, -0.2) is 62.4 Å². The Hall–Kier alpha value is -0.650. The second-order valence-corrected chi connectivity index (χ2v) is 4.73. The minimum Gasteiger partial charge on any atom is -0.462 e. The second kappa shape index (κ2) is 7.63. The number of carbonyl (C=O) groups excluding carboxylic acids is 1. The lowest BCUT2D eigenvalue weighted by Gasteiger charge is -2.29. The molecule has 0 aromatic rings. The van der Waals surface area contributed by atoms with Gasteiger partial charge in [-0.25, -0.2) is 0 Å². The van der Waals surface area contributed by atoms with Crippen molar-refractivity contribution in [1.29, 1.82) is 0 Å². The number of rotatable bonds is 6. The van der Waals surface area contributed by atoms with Crippen molar-refractivity contribution in [3.63, 3.8) is 0 Å². The Morgan fingerprint density at radius 3 is 2.59 bits per heavy atom. The molecule has 0 aliphatic carbocycles. The number of hydrogen-bond acceptors (Lipinski definition) is 5. The van der Waals surface area contributed by atoms with Crippen molar-refractivity contribution in [3.8, 4) is 0 Å². The number of nitrogens with zero attached hydrogens (tertiary/aromatic N) is 1. The third kappa shape index (κ3) is 6.61. The molecule has 0 spiro atoms. The van der Waals surface area contributed by atoms with Gasteiger partial charge in [-0.3, -0.25) is 9.69 Å². The molecule has 1 aliphatic heterocycles. The molecule has 1 aliphatic rings. The van der Waals surface area contributed by atoms with Gasteiger partial charge in [-0.15, -0.1) is 0 Å². The van der Waals surface area contributed by atoms with E-state index in [4.69, 9.17) is 9.47 Å². The summed E-state index contributed by atoms with van der Waals surface area (Å²) >= 11 is 0. The lowest BCUT2D eigenvalue weighted by molar-refractivity contribution is -0.146. The number of esters is 1. The topological polar surface area (TPSA) is 50.8 Å². The van der Waals surface area contributed by atoms with Crippen molar-refractivity contribution in [2.75, 3.05) is 39.4 Å². The molecule has 0 radical (unpaired) electrons. The lowest BCUT2D eigenvalue weighted by atomic mass is 10.3. The summed E-state index contributed by atoms with van der Waals surface area (Å²) < 4.78 is 10.3. The third-order valence-electron chi connectivity index (χ3n) is 2.60. The largest absolute Gasteiger partial charge is 0.462 e. The highest BCUT2D eigenvalue weighted by molar-refractivity contribution is 5.71. The van der Waals surface area contributed by atoms with Crippen molar-refractivity contribution in [3.05, 3.63) is 0 Å². The van der Waals surface area contributed by atoms with Gasteiger partial charge >= 0.3 is 5.97 Å². The van der Waals surface area contributed by atoms with Gasteiger partial charge in [-0.05, 0) is 20.8 Å². The summed E-state index contributed by atoms with van der Waals surface area (Å²) in [5.74, 6) is -0.186. The number of carbonyl (C=O) groups is 1. The van der Waals surface area contributed by atoms with Crippen LogP contribution in [0.5, 0.6) is 0 Å². The Labute approximate surface area is 103 Å². The quantitative estimate of drug-likeness (QED) is 0.679. The number of hydrogen-bond donors (Lipinski definition) is 1. The molecule has 0 aromatic heterocycles. The van der Waals surface area contributed by atoms with Gasteiger partial charge in [0.1, 0.15) is 0 Å². The summed E-state index contributed by atoms with van der Waals surface area (Å²) in [5, 5.41) is 3.18. The van der Waals surface area contributed by atoms with E-state index in [1.54, 1.807) is 0 Å². The van der Waals surface area contributed by atoms with E-state index in [2.05, 4.69) is 17.1 Å².